The van der Waals surface area contributed by atoms with Crippen molar-refractivity contribution in [2.75, 3.05) is 26.2 Å². The number of carbonyl (C=O) groups excluding carboxylic acids is 4. The smallest absolute Gasteiger partial charge is 0.251 e. The number of nitrogens with one attached hydrogen (secondary N) is 2. The molecule has 2 unspecified atom stereocenters. The largest absolute Gasteiger partial charge is 0.350 e. The van der Waals surface area contributed by atoms with Gasteiger partial charge in [0, 0.05) is 32.1 Å². The van der Waals surface area contributed by atoms with Gasteiger partial charge in [-0.05, 0) is 17.7 Å². The molecule has 2 aromatic rings. The van der Waals surface area contributed by atoms with E-state index in [0.29, 0.717) is 25.1 Å². The van der Waals surface area contributed by atoms with Crippen LogP contribution in [0, 0.1) is 0 Å². The summed E-state index contributed by atoms with van der Waals surface area (Å²) in [6.07, 6.45) is 0.635. The molecule has 0 saturated carbocycles. The van der Waals surface area contributed by atoms with Crippen molar-refractivity contribution in [3.05, 3.63) is 71.8 Å². The van der Waals surface area contributed by atoms with Gasteiger partial charge in [0.1, 0.15) is 6.04 Å². The van der Waals surface area contributed by atoms with Gasteiger partial charge in [-0.25, -0.2) is 0 Å². The van der Waals surface area contributed by atoms with Crippen LogP contribution in [0.1, 0.15) is 28.9 Å². The third-order valence-electron chi connectivity index (χ3n) is 5.33. The lowest BCUT2D eigenvalue weighted by Crippen LogP contribution is -2.60. The van der Waals surface area contributed by atoms with Crippen LogP contribution in [-0.4, -0.2) is 66.2 Å². The SMILES string of the molecule is CC(=O)N1CCN(C=O)C(C(=O)NC(CNC(=O)c2ccccc2)c2ccccc2)C1. The van der Waals surface area contributed by atoms with Crippen molar-refractivity contribution in [3.8, 4) is 0 Å². The fourth-order valence-corrected chi connectivity index (χ4v) is 3.53. The van der Waals surface area contributed by atoms with E-state index >= 15 is 0 Å². The van der Waals surface area contributed by atoms with Gasteiger partial charge in [0.2, 0.25) is 18.2 Å². The van der Waals surface area contributed by atoms with E-state index in [0.717, 1.165) is 5.56 Å². The van der Waals surface area contributed by atoms with Gasteiger partial charge in [0.25, 0.3) is 5.91 Å². The van der Waals surface area contributed by atoms with Gasteiger partial charge < -0.3 is 20.4 Å². The van der Waals surface area contributed by atoms with E-state index < -0.39 is 12.1 Å². The quantitative estimate of drug-likeness (QED) is 0.650. The number of carbonyl (C=O) groups is 4. The molecular weight excluding hydrogens is 396 g/mol. The van der Waals surface area contributed by atoms with Crippen LogP contribution in [0.15, 0.2) is 60.7 Å². The van der Waals surface area contributed by atoms with Gasteiger partial charge in [-0.1, -0.05) is 48.5 Å². The summed E-state index contributed by atoms with van der Waals surface area (Å²) >= 11 is 0. The highest BCUT2D eigenvalue weighted by atomic mass is 16.2. The van der Waals surface area contributed by atoms with Crippen molar-refractivity contribution in [1.29, 1.82) is 0 Å². The highest BCUT2D eigenvalue weighted by molar-refractivity contribution is 5.94. The number of benzene rings is 2. The summed E-state index contributed by atoms with van der Waals surface area (Å²) in [5.74, 6) is -0.760. The third kappa shape index (κ3) is 5.69. The van der Waals surface area contributed by atoms with E-state index in [2.05, 4.69) is 10.6 Å². The Balaban J connectivity index is 1.73. The normalized spacial score (nSPS) is 16.9. The lowest BCUT2D eigenvalue weighted by atomic mass is 10.0. The first-order valence-corrected chi connectivity index (χ1v) is 10.1. The molecule has 162 valence electrons. The van der Waals surface area contributed by atoms with Gasteiger partial charge in [-0.15, -0.1) is 0 Å². The van der Waals surface area contributed by atoms with Gasteiger partial charge >= 0.3 is 0 Å². The van der Waals surface area contributed by atoms with Crippen molar-refractivity contribution in [3.63, 3.8) is 0 Å². The second kappa shape index (κ2) is 10.4. The molecule has 2 aromatic carbocycles. The molecule has 0 aromatic heterocycles. The minimum absolute atomic E-state index is 0.137. The maximum atomic E-state index is 13.1. The maximum Gasteiger partial charge on any atom is 0.251 e. The molecule has 0 aliphatic carbocycles. The standard InChI is InChI=1S/C23H26N4O4/c1-17(29)26-12-13-27(16-28)21(15-26)23(31)25-20(18-8-4-2-5-9-18)14-24-22(30)19-10-6-3-7-11-19/h2-11,16,20-21H,12-15H2,1H3,(H,24,30)(H,25,31). The minimum Gasteiger partial charge on any atom is -0.350 e. The Hall–Kier alpha value is -3.68. The molecule has 1 aliphatic rings. The van der Waals surface area contributed by atoms with Gasteiger partial charge in [0.05, 0.1) is 12.6 Å². The van der Waals surface area contributed by atoms with E-state index in [1.807, 2.05) is 36.4 Å². The summed E-state index contributed by atoms with van der Waals surface area (Å²) in [5.41, 5.74) is 1.35. The van der Waals surface area contributed by atoms with Crippen LogP contribution in [0.2, 0.25) is 0 Å². The van der Waals surface area contributed by atoms with Gasteiger partial charge in [-0.2, -0.15) is 0 Å². The molecule has 4 amide bonds. The fraction of sp³-hybridized carbons (Fsp3) is 0.304. The lowest BCUT2D eigenvalue weighted by molar-refractivity contribution is -0.142. The Morgan fingerprint density at radius 3 is 2.29 bits per heavy atom. The average molecular weight is 422 g/mol. The molecule has 1 saturated heterocycles. The lowest BCUT2D eigenvalue weighted by Gasteiger charge is -2.38. The molecular formula is C23H26N4O4. The fourth-order valence-electron chi connectivity index (χ4n) is 3.53. The summed E-state index contributed by atoms with van der Waals surface area (Å²) < 4.78 is 0. The Bertz CT molecular complexity index is 920. The summed E-state index contributed by atoms with van der Waals surface area (Å²) in [4.78, 5) is 51.7. The predicted molar refractivity (Wildman–Crippen MR) is 115 cm³/mol. The van der Waals surface area contributed by atoms with Crippen molar-refractivity contribution >= 4 is 24.1 Å². The van der Waals surface area contributed by atoms with Crippen molar-refractivity contribution in [1.82, 2.24) is 20.4 Å². The summed E-state index contributed by atoms with van der Waals surface area (Å²) in [6.45, 7) is 2.44. The molecule has 1 heterocycles. The maximum absolute atomic E-state index is 13.1. The topological polar surface area (TPSA) is 98.8 Å². The summed E-state index contributed by atoms with van der Waals surface area (Å²) in [6, 6.07) is 16.8. The Kier molecular flexibility index (Phi) is 7.37. The Labute approximate surface area is 181 Å². The van der Waals surface area contributed by atoms with Crippen LogP contribution < -0.4 is 10.6 Å². The van der Waals surface area contributed by atoms with Crippen LogP contribution in [0.3, 0.4) is 0 Å². The molecule has 0 spiro atoms. The zero-order valence-corrected chi connectivity index (χ0v) is 17.4. The number of rotatable bonds is 7. The third-order valence-corrected chi connectivity index (χ3v) is 5.33. The zero-order chi connectivity index (χ0) is 22.2. The molecule has 8 heteroatoms. The Morgan fingerprint density at radius 1 is 1.03 bits per heavy atom. The molecule has 8 nitrogen and oxygen atoms in total. The molecule has 2 atom stereocenters. The van der Waals surface area contributed by atoms with Gasteiger partial charge in [-0.3, -0.25) is 19.2 Å². The second-order valence-electron chi connectivity index (χ2n) is 7.37. The van der Waals surface area contributed by atoms with Crippen LogP contribution in [0.5, 0.6) is 0 Å². The number of nitrogens with zero attached hydrogens (tertiary/aromatic N) is 2. The molecule has 0 radical (unpaired) electrons. The van der Waals surface area contributed by atoms with E-state index in [9.17, 15) is 19.2 Å². The van der Waals surface area contributed by atoms with Crippen molar-refractivity contribution < 1.29 is 19.2 Å². The van der Waals surface area contributed by atoms with Crippen molar-refractivity contribution in [2.45, 2.75) is 19.0 Å². The minimum atomic E-state index is -0.786. The molecule has 1 fully saturated rings. The molecule has 31 heavy (non-hydrogen) atoms. The zero-order valence-electron chi connectivity index (χ0n) is 17.4. The summed E-state index contributed by atoms with van der Waals surface area (Å²) in [7, 11) is 0. The first-order chi connectivity index (χ1) is 15.0. The van der Waals surface area contributed by atoms with Crippen LogP contribution in [0.4, 0.5) is 0 Å². The van der Waals surface area contributed by atoms with E-state index in [4.69, 9.17) is 0 Å². The van der Waals surface area contributed by atoms with E-state index in [1.54, 1.807) is 29.2 Å². The second-order valence-corrected chi connectivity index (χ2v) is 7.37. The van der Waals surface area contributed by atoms with E-state index in [1.165, 1.54) is 11.8 Å². The van der Waals surface area contributed by atoms with Crippen LogP contribution in [0.25, 0.3) is 0 Å². The molecule has 3 rings (SSSR count). The highest BCUT2D eigenvalue weighted by Gasteiger charge is 2.33. The number of hydrogen-bond acceptors (Lipinski definition) is 4. The molecule has 0 bridgehead atoms. The molecule has 2 N–H and O–H groups in total. The van der Waals surface area contributed by atoms with Crippen LogP contribution in [-0.2, 0) is 14.4 Å². The summed E-state index contributed by atoms with van der Waals surface area (Å²) in [5, 5.41) is 5.80. The van der Waals surface area contributed by atoms with Gasteiger partial charge in [0.15, 0.2) is 0 Å². The first-order valence-electron chi connectivity index (χ1n) is 10.1. The number of hydrogen-bond donors (Lipinski definition) is 2. The monoisotopic (exact) mass is 422 g/mol. The molecule has 1 aliphatic heterocycles. The first kappa shape index (κ1) is 22.0. The predicted octanol–water partition coefficient (Wildman–Crippen LogP) is 0.963. The number of piperazine rings is 1. The van der Waals surface area contributed by atoms with Crippen molar-refractivity contribution in [2.24, 2.45) is 0 Å². The average Bonchev–Trinajstić information content (AvgIpc) is 2.82. The highest BCUT2D eigenvalue weighted by Crippen LogP contribution is 2.15. The van der Waals surface area contributed by atoms with E-state index in [-0.39, 0.29) is 30.8 Å². The Morgan fingerprint density at radius 2 is 1.68 bits per heavy atom. The van der Waals surface area contributed by atoms with Crippen LogP contribution >= 0.6 is 0 Å². The number of amides is 4.